The third kappa shape index (κ3) is 9.41. The van der Waals surface area contributed by atoms with Crippen LogP contribution in [-0.2, 0) is 22.6 Å². The molecule has 1 aromatic rings. The molecular formula is C25H42IN5O2. The van der Waals surface area contributed by atoms with E-state index >= 15 is 0 Å². The monoisotopic (exact) mass is 571 g/mol. The van der Waals surface area contributed by atoms with Gasteiger partial charge in [0.1, 0.15) is 0 Å². The summed E-state index contributed by atoms with van der Waals surface area (Å²) in [5, 5.41) is 6.96. The standard InChI is InChI=1S/C25H41N5O2.HI/c1-4-26-25(28-18-23(15-20(2)3)29-11-13-32-14-12-29)27-17-21-7-5-8-22(16-21)19-30-10-6-9-24(30)31;/h5,7-8,16,20,23H,4,6,9-15,17-19H2,1-3H3,(H2,26,27,28);1H. The molecule has 2 aliphatic rings. The Kier molecular flexibility index (Phi) is 12.5. The fraction of sp³-hybridized carbons (Fsp3) is 0.680. The predicted octanol–water partition coefficient (Wildman–Crippen LogP) is 3.23. The van der Waals surface area contributed by atoms with E-state index in [1.807, 2.05) is 4.90 Å². The molecule has 0 bridgehead atoms. The Morgan fingerprint density at radius 3 is 2.58 bits per heavy atom. The molecular weight excluding hydrogens is 529 g/mol. The molecule has 2 fully saturated rings. The maximum atomic E-state index is 11.9. The van der Waals surface area contributed by atoms with E-state index in [0.717, 1.165) is 64.7 Å². The van der Waals surface area contributed by atoms with Gasteiger partial charge in [-0.25, -0.2) is 4.99 Å². The normalized spacial score (nSPS) is 18.4. The largest absolute Gasteiger partial charge is 0.379 e. The van der Waals surface area contributed by atoms with Crippen LogP contribution in [0, 0.1) is 5.92 Å². The molecule has 0 saturated carbocycles. The SMILES string of the molecule is CCNC(=NCc1cccc(CN2CCCC2=O)c1)NCC(CC(C)C)N1CCOCC1.I. The lowest BCUT2D eigenvalue weighted by Gasteiger charge is -2.35. The van der Waals surface area contributed by atoms with Gasteiger partial charge in [-0.05, 0) is 36.8 Å². The highest BCUT2D eigenvalue weighted by atomic mass is 127. The number of hydrogen-bond donors (Lipinski definition) is 2. The highest BCUT2D eigenvalue weighted by molar-refractivity contribution is 14.0. The molecule has 2 saturated heterocycles. The van der Waals surface area contributed by atoms with Crippen LogP contribution in [0.5, 0.6) is 0 Å². The van der Waals surface area contributed by atoms with Crippen molar-refractivity contribution in [2.45, 2.75) is 59.2 Å². The molecule has 8 heteroatoms. The molecule has 0 aromatic heterocycles. The maximum absolute atomic E-state index is 11.9. The van der Waals surface area contributed by atoms with Gasteiger partial charge >= 0.3 is 0 Å². The quantitative estimate of drug-likeness (QED) is 0.257. The van der Waals surface area contributed by atoms with E-state index in [9.17, 15) is 4.79 Å². The minimum atomic E-state index is 0. The highest BCUT2D eigenvalue weighted by Crippen LogP contribution is 2.16. The van der Waals surface area contributed by atoms with E-state index in [1.165, 1.54) is 11.1 Å². The molecule has 1 unspecified atom stereocenters. The molecule has 1 amide bonds. The topological polar surface area (TPSA) is 69.2 Å². The van der Waals surface area contributed by atoms with Crippen molar-refractivity contribution in [3.05, 3.63) is 35.4 Å². The fourth-order valence-corrected chi connectivity index (χ4v) is 4.49. The lowest BCUT2D eigenvalue weighted by molar-refractivity contribution is -0.128. The second-order valence-electron chi connectivity index (χ2n) is 9.25. The zero-order valence-corrected chi connectivity index (χ0v) is 22.8. The molecule has 0 spiro atoms. The number of ether oxygens (including phenoxy) is 1. The number of hydrogen-bond acceptors (Lipinski definition) is 4. The van der Waals surface area contributed by atoms with Crippen LogP contribution in [0.1, 0.15) is 51.2 Å². The molecule has 7 nitrogen and oxygen atoms in total. The number of likely N-dealkylation sites (tertiary alicyclic amines) is 1. The minimum Gasteiger partial charge on any atom is -0.379 e. The predicted molar refractivity (Wildman–Crippen MR) is 145 cm³/mol. The number of rotatable bonds is 10. The zero-order valence-electron chi connectivity index (χ0n) is 20.5. The zero-order chi connectivity index (χ0) is 22.8. The number of carbonyl (C=O) groups excluding carboxylic acids is 1. The third-order valence-electron chi connectivity index (χ3n) is 6.11. The summed E-state index contributed by atoms with van der Waals surface area (Å²) in [6, 6.07) is 8.93. The van der Waals surface area contributed by atoms with Crippen LogP contribution >= 0.6 is 24.0 Å². The second-order valence-corrected chi connectivity index (χ2v) is 9.25. The maximum Gasteiger partial charge on any atom is 0.222 e. The van der Waals surface area contributed by atoms with Gasteiger partial charge in [-0.1, -0.05) is 38.1 Å². The van der Waals surface area contributed by atoms with Crippen molar-refractivity contribution in [2.75, 3.05) is 45.9 Å². The highest BCUT2D eigenvalue weighted by Gasteiger charge is 2.22. The number of aliphatic imine (C=N–C) groups is 1. The van der Waals surface area contributed by atoms with Crippen LogP contribution in [0.4, 0.5) is 0 Å². The third-order valence-corrected chi connectivity index (χ3v) is 6.11. The van der Waals surface area contributed by atoms with Gasteiger partial charge in [0, 0.05) is 51.7 Å². The van der Waals surface area contributed by atoms with E-state index in [1.54, 1.807) is 0 Å². The van der Waals surface area contributed by atoms with Gasteiger partial charge in [0.2, 0.25) is 5.91 Å². The molecule has 2 aliphatic heterocycles. The summed E-state index contributed by atoms with van der Waals surface area (Å²) in [6.07, 6.45) is 2.82. The Bertz CT molecular complexity index is 752. The van der Waals surface area contributed by atoms with Gasteiger partial charge in [-0.15, -0.1) is 24.0 Å². The summed E-state index contributed by atoms with van der Waals surface area (Å²) in [7, 11) is 0. The number of morpholine rings is 1. The van der Waals surface area contributed by atoms with E-state index in [4.69, 9.17) is 9.73 Å². The van der Waals surface area contributed by atoms with Crippen molar-refractivity contribution in [2.24, 2.45) is 10.9 Å². The van der Waals surface area contributed by atoms with Crippen molar-refractivity contribution < 1.29 is 9.53 Å². The van der Waals surface area contributed by atoms with Crippen LogP contribution in [-0.4, -0.2) is 73.6 Å². The Balaban J connectivity index is 0.00000385. The lowest BCUT2D eigenvalue weighted by atomic mass is 10.0. The van der Waals surface area contributed by atoms with Crippen LogP contribution in [0.2, 0.25) is 0 Å². The van der Waals surface area contributed by atoms with Gasteiger partial charge < -0.3 is 20.3 Å². The molecule has 33 heavy (non-hydrogen) atoms. The van der Waals surface area contributed by atoms with E-state index < -0.39 is 0 Å². The fourth-order valence-electron chi connectivity index (χ4n) is 4.49. The average molecular weight is 572 g/mol. The first-order valence-corrected chi connectivity index (χ1v) is 12.2. The number of benzene rings is 1. The van der Waals surface area contributed by atoms with Crippen LogP contribution in [0.25, 0.3) is 0 Å². The molecule has 0 radical (unpaired) electrons. The second kappa shape index (κ2) is 14.8. The first kappa shape index (κ1) is 27.9. The molecule has 186 valence electrons. The number of nitrogens with zero attached hydrogens (tertiary/aromatic N) is 3. The van der Waals surface area contributed by atoms with E-state index in [2.05, 4.69) is 60.6 Å². The summed E-state index contributed by atoms with van der Waals surface area (Å²) in [6.45, 7) is 14.2. The Labute approximate surface area is 216 Å². The molecule has 1 atom stereocenters. The van der Waals surface area contributed by atoms with Gasteiger partial charge in [0.15, 0.2) is 5.96 Å². The summed E-state index contributed by atoms with van der Waals surface area (Å²) in [5.74, 6) is 1.77. The number of carbonyl (C=O) groups is 1. The van der Waals surface area contributed by atoms with E-state index in [-0.39, 0.29) is 29.9 Å². The lowest BCUT2D eigenvalue weighted by Crippen LogP contribution is -2.51. The van der Waals surface area contributed by atoms with Crippen molar-refractivity contribution >= 4 is 35.8 Å². The van der Waals surface area contributed by atoms with Gasteiger partial charge in [0.25, 0.3) is 0 Å². The summed E-state index contributed by atoms with van der Waals surface area (Å²) < 4.78 is 5.54. The number of halogens is 1. The Morgan fingerprint density at radius 2 is 1.91 bits per heavy atom. The summed E-state index contributed by atoms with van der Waals surface area (Å²) in [5.41, 5.74) is 2.34. The number of nitrogens with one attached hydrogen (secondary N) is 2. The van der Waals surface area contributed by atoms with Crippen molar-refractivity contribution in [3.63, 3.8) is 0 Å². The van der Waals surface area contributed by atoms with Crippen LogP contribution < -0.4 is 10.6 Å². The first-order valence-electron chi connectivity index (χ1n) is 12.2. The molecule has 2 N–H and O–H groups in total. The van der Waals surface area contributed by atoms with Crippen molar-refractivity contribution in [1.29, 1.82) is 0 Å². The van der Waals surface area contributed by atoms with E-state index in [0.29, 0.717) is 31.5 Å². The number of guanidine groups is 1. The smallest absolute Gasteiger partial charge is 0.222 e. The average Bonchev–Trinajstić information content (AvgIpc) is 3.19. The summed E-state index contributed by atoms with van der Waals surface area (Å²) in [4.78, 5) is 21.3. The Hall–Kier alpha value is -1.39. The minimum absolute atomic E-state index is 0. The molecule has 0 aliphatic carbocycles. The molecule has 1 aromatic carbocycles. The van der Waals surface area contributed by atoms with Gasteiger partial charge in [-0.2, -0.15) is 0 Å². The first-order chi connectivity index (χ1) is 15.5. The van der Waals surface area contributed by atoms with Gasteiger partial charge in [-0.3, -0.25) is 9.69 Å². The summed E-state index contributed by atoms with van der Waals surface area (Å²) >= 11 is 0. The number of amides is 1. The molecule has 3 rings (SSSR count). The van der Waals surface area contributed by atoms with Gasteiger partial charge in [0.05, 0.1) is 19.8 Å². The Morgan fingerprint density at radius 1 is 1.15 bits per heavy atom. The van der Waals surface area contributed by atoms with Crippen LogP contribution in [0.15, 0.2) is 29.3 Å². The van der Waals surface area contributed by atoms with Crippen LogP contribution in [0.3, 0.4) is 0 Å². The molecule has 2 heterocycles. The van der Waals surface area contributed by atoms with Crippen molar-refractivity contribution in [3.8, 4) is 0 Å². The van der Waals surface area contributed by atoms with Crippen molar-refractivity contribution in [1.82, 2.24) is 20.4 Å².